The lowest BCUT2D eigenvalue weighted by Crippen LogP contribution is -2.47. The molecule has 2 bridgehead atoms. The van der Waals surface area contributed by atoms with Crippen molar-refractivity contribution in [2.75, 3.05) is 24.7 Å². The molecule has 210 valence electrons. The number of hydrogen-bond acceptors (Lipinski definition) is 8. The van der Waals surface area contributed by atoms with Gasteiger partial charge in [-0.1, -0.05) is 25.4 Å². The number of nitrogens with zero attached hydrogens (tertiary/aromatic N) is 4. The molecule has 5 heterocycles. The molecule has 0 spiro atoms. The van der Waals surface area contributed by atoms with Gasteiger partial charge in [0.05, 0.1) is 46.9 Å². The van der Waals surface area contributed by atoms with Crippen molar-refractivity contribution in [3.8, 4) is 11.3 Å². The van der Waals surface area contributed by atoms with Crippen molar-refractivity contribution < 1.29 is 22.7 Å². The van der Waals surface area contributed by atoms with E-state index in [-0.39, 0.29) is 40.6 Å². The second-order valence-corrected chi connectivity index (χ2v) is 13.6. The molecule has 3 aromatic rings. The van der Waals surface area contributed by atoms with Crippen LogP contribution in [0.3, 0.4) is 0 Å². The van der Waals surface area contributed by atoms with E-state index in [9.17, 15) is 13.5 Å². The van der Waals surface area contributed by atoms with Crippen LogP contribution in [0.25, 0.3) is 22.3 Å². The molecule has 6 rings (SSSR count). The van der Waals surface area contributed by atoms with Gasteiger partial charge in [0.25, 0.3) is 0 Å². The standard InChI is InChI=1S/C26H32ClFN6O4S/c1-12(2)20-15(9-17(28)22-23(20)32-25(31-22)13-6-7-34(11-13)39(3,36)37)21-16(27)10-29-26(33-21)30-18-8-14-4-5-19(38-14)24(18)35/h9-10,12-14,18-19,24,35H,4-8,11H2,1-3H3,(H,31,32)(H,29,30,33)/t13-,14+,18+,19-,24-/m0/s1. The Hall–Kier alpha value is -2.38. The summed E-state index contributed by atoms with van der Waals surface area (Å²) in [4.78, 5) is 16.9. The average molecular weight is 579 g/mol. The molecule has 13 heteroatoms. The molecule has 2 aromatic heterocycles. The second kappa shape index (κ2) is 9.91. The highest BCUT2D eigenvalue weighted by Gasteiger charge is 2.42. The van der Waals surface area contributed by atoms with E-state index in [1.807, 2.05) is 13.8 Å². The lowest BCUT2D eigenvalue weighted by atomic mass is 9.93. The molecule has 3 aliphatic rings. The predicted molar refractivity (Wildman–Crippen MR) is 146 cm³/mol. The van der Waals surface area contributed by atoms with Gasteiger partial charge in [0.15, 0.2) is 5.82 Å². The van der Waals surface area contributed by atoms with Crippen LogP contribution in [-0.2, 0) is 14.8 Å². The summed E-state index contributed by atoms with van der Waals surface area (Å²) >= 11 is 6.57. The van der Waals surface area contributed by atoms with E-state index in [0.29, 0.717) is 54.5 Å². The van der Waals surface area contributed by atoms with Crippen molar-refractivity contribution in [1.82, 2.24) is 24.2 Å². The van der Waals surface area contributed by atoms with Crippen molar-refractivity contribution in [2.45, 2.75) is 75.7 Å². The number of hydrogen-bond donors (Lipinski definition) is 3. The molecule has 5 atom stereocenters. The number of fused-ring (bicyclic) bond motifs is 3. The van der Waals surface area contributed by atoms with E-state index in [1.54, 1.807) is 0 Å². The summed E-state index contributed by atoms with van der Waals surface area (Å²) in [7, 11) is -3.31. The van der Waals surface area contributed by atoms with Gasteiger partial charge < -0.3 is 20.1 Å². The SMILES string of the molecule is CC(C)c1c(-c2nc(N[C@@H]3C[C@H]4CC[C@H](O4)[C@H]3O)ncc2Cl)cc(F)c2nc([C@H]3CCN(S(C)(=O)=O)C3)[nH]c12. The summed E-state index contributed by atoms with van der Waals surface area (Å²) in [5, 5.41) is 14.2. The maximum absolute atomic E-state index is 15.6. The molecule has 39 heavy (non-hydrogen) atoms. The molecule has 0 radical (unpaired) electrons. The highest BCUT2D eigenvalue weighted by molar-refractivity contribution is 7.88. The van der Waals surface area contributed by atoms with Crippen molar-refractivity contribution in [3.05, 3.63) is 34.5 Å². The average Bonchev–Trinajstić information content (AvgIpc) is 3.61. The van der Waals surface area contributed by atoms with E-state index in [2.05, 4.69) is 25.3 Å². The van der Waals surface area contributed by atoms with E-state index >= 15 is 4.39 Å². The Bertz CT molecular complexity index is 1530. The zero-order chi connectivity index (χ0) is 27.6. The number of nitrogens with one attached hydrogen (secondary N) is 2. The van der Waals surface area contributed by atoms with Crippen LogP contribution in [0.4, 0.5) is 10.3 Å². The number of sulfonamides is 1. The number of benzene rings is 1. The summed E-state index contributed by atoms with van der Waals surface area (Å²) in [6, 6.07) is 1.14. The maximum atomic E-state index is 15.6. The van der Waals surface area contributed by atoms with Crippen molar-refractivity contribution in [1.29, 1.82) is 0 Å². The number of ether oxygens (including phenoxy) is 1. The molecule has 3 fully saturated rings. The van der Waals surface area contributed by atoms with Gasteiger partial charge in [-0.05, 0) is 43.2 Å². The number of halogens is 2. The van der Waals surface area contributed by atoms with Crippen LogP contribution in [-0.4, -0.2) is 81.5 Å². The van der Waals surface area contributed by atoms with Crippen LogP contribution < -0.4 is 5.32 Å². The molecule has 0 saturated carbocycles. The summed E-state index contributed by atoms with van der Waals surface area (Å²) < 4.78 is 46.8. The third-order valence-corrected chi connectivity index (χ3v) is 9.67. The fourth-order valence-corrected chi connectivity index (χ4v) is 7.26. The van der Waals surface area contributed by atoms with Crippen LogP contribution in [0, 0.1) is 5.82 Å². The Morgan fingerprint density at radius 3 is 2.79 bits per heavy atom. The molecule has 10 nitrogen and oxygen atoms in total. The van der Waals surface area contributed by atoms with Crippen molar-refractivity contribution in [3.63, 3.8) is 0 Å². The first kappa shape index (κ1) is 26.8. The Labute approximate surface area is 231 Å². The molecule has 0 aliphatic carbocycles. The number of H-pyrrole nitrogens is 1. The van der Waals surface area contributed by atoms with Crippen LogP contribution in [0.2, 0.25) is 5.02 Å². The third kappa shape index (κ3) is 4.90. The maximum Gasteiger partial charge on any atom is 0.223 e. The smallest absolute Gasteiger partial charge is 0.223 e. The van der Waals surface area contributed by atoms with Crippen molar-refractivity contribution in [2.24, 2.45) is 0 Å². The van der Waals surface area contributed by atoms with Gasteiger partial charge in [0.1, 0.15) is 17.4 Å². The first-order valence-electron chi connectivity index (χ1n) is 13.3. The Morgan fingerprint density at radius 1 is 1.28 bits per heavy atom. The minimum absolute atomic E-state index is 0.0390. The lowest BCUT2D eigenvalue weighted by molar-refractivity contribution is -0.0811. The Kier molecular flexibility index (Phi) is 6.82. The summed E-state index contributed by atoms with van der Waals surface area (Å²) in [5.74, 6) is 0.142. The number of rotatable bonds is 6. The molecular weight excluding hydrogens is 547 g/mol. The minimum atomic E-state index is -3.31. The second-order valence-electron chi connectivity index (χ2n) is 11.2. The van der Waals surface area contributed by atoms with Gasteiger partial charge in [0.2, 0.25) is 16.0 Å². The van der Waals surface area contributed by atoms with E-state index < -0.39 is 21.9 Å². The van der Waals surface area contributed by atoms with Crippen LogP contribution in [0.15, 0.2) is 12.3 Å². The molecule has 3 N–H and O–H groups in total. The first-order valence-corrected chi connectivity index (χ1v) is 15.5. The number of aliphatic hydroxyl groups excluding tert-OH is 1. The van der Waals surface area contributed by atoms with Crippen molar-refractivity contribution >= 4 is 38.6 Å². The van der Waals surface area contributed by atoms with Crippen LogP contribution in [0.1, 0.15) is 62.8 Å². The Morgan fingerprint density at radius 2 is 2.08 bits per heavy atom. The quantitative estimate of drug-likeness (QED) is 0.402. The van der Waals surface area contributed by atoms with Crippen LogP contribution in [0.5, 0.6) is 0 Å². The fraction of sp³-hybridized carbons (Fsp3) is 0.577. The highest BCUT2D eigenvalue weighted by Crippen LogP contribution is 2.40. The van der Waals surface area contributed by atoms with Gasteiger partial charge in [-0.15, -0.1) is 0 Å². The van der Waals surface area contributed by atoms with Gasteiger partial charge >= 0.3 is 0 Å². The highest BCUT2D eigenvalue weighted by atomic mass is 35.5. The zero-order valence-corrected chi connectivity index (χ0v) is 23.6. The fourth-order valence-electron chi connectivity index (χ4n) is 6.18. The first-order chi connectivity index (χ1) is 18.5. The monoisotopic (exact) mass is 578 g/mol. The van der Waals surface area contributed by atoms with E-state index in [4.69, 9.17) is 16.3 Å². The minimum Gasteiger partial charge on any atom is -0.388 e. The van der Waals surface area contributed by atoms with Crippen LogP contribution >= 0.6 is 11.6 Å². The number of aliphatic hydroxyl groups is 1. The lowest BCUT2D eigenvalue weighted by Gasteiger charge is -2.34. The zero-order valence-electron chi connectivity index (χ0n) is 22.0. The molecule has 0 unspecified atom stereocenters. The number of aromatic amines is 1. The number of imidazole rings is 1. The normalized spacial score (nSPS) is 27.6. The Balaban J connectivity index is 1.37. The molecular formula is C26H32ClFN6O4S. The number of anilines is 1. The molecule has 0 amide bonds. The summed E-state index contributed by atoms with van der Waals surface area (Å²) in [6.07, 6.45) is 4.89. The van der Waals surface area contributed by atoms with Gasteiger partial charge in [-0.25, -0.2) is 32.1 Å². The van der Waals surface area contributed by atoms with E-state index in [0.717, 1.165) is 18.4 Å². The summed E-state index contributed by atoms with van der Waals surface area (Å²) in [6.45, 7) is 4.71. The van der Waals surface area contributed by atoms with Gasteiger partial charge in [-0.3, -0.25) is 0 Å². The van der Waals surface area contributed by atoms with E-state index in [1.165, 1.54) is 22.8 Å². The third-order valence-electron chi connectivity index (χ3n) is 8.13. The van der Waals surface area contributed by atoms with Gasteiger partial charge in [0, 0.05) is 24.6 Å². The molecule has 1 aromatic carbocycles. The molecule has 3 aliphatic heterocycles. The topological polar surface area (TPSA) is 133 Å². The predicted octanol–water partition coefficient (Wildman–Crippen LogP) is 3.78. The summed E-state index contributed by atoms with van der Waals surface area (Å²) in [5.41, 5.74) is 2.47. The van der Waals surface area contributed by atoms with Gasteiger partial charge in [-0.2, -0.15) is 0 Å². The number of aromatic nitrogens is 4. The largest absolute Gasteiger partial charge is 0.388 e. The molecule has 3 saturated heterocycles.